The Morgan fingerprint density at radius 2 is 1.79 bits per heavy atom. The lowest BCUT2D eigenvalue weighted by Gasteiger charge is -2.14. The lowest BCUT2D eigenvalue weighted by molar-refractivity contribution is 0.103. The van der Waals surface area contributed by atoms with Gasteiger partial charge in [-0.05, 0) is 35.4 Å². The third kappa shape index (κ3) is 2.56. The minimum Gasteiger partial charge on any atom is -0.313 e. The Labute approximate surface area is 149 Å². The molecule has 1 aromatic heterocycles. The van der Waals surface area contributed by atoms with Gasteiger partial charge in [-0.1, -0.05) is 41.4 Å². The van der Waals surface area contributed by atoms with E-state index in [4.69, 9.17) is 23.2 Å². The molecule has 0 spiro atoms. The van der Waals surface area contributed by atoms with Crippen molar-refractivity contribution < 1.29 is 4.79 Å². The van der Waals surface area contributed by atoms with Gasteiger partial charge >= 0.3 is 0 Å². The van der Waals surface area contributed by atoms with Gasteiger partial charge in [0.1, 0.15) is 0 Å². The maximum atomic E-state index is 12.9. The first-order valence-electron chi connectivity index (χ1n) is 7.42. The predicted octanol–water partition coefficient (Wildman–Crippen LogP) is 5.06. The van der Waals surface area contributed by atoms with Crippen molar-refractivity contribution in [3.8, 4) is 0 Å². The number of Topliss-reactive ketones (excluding diaryl/α,β-unsaturated/α-hetero) is 1. The van der Waals surface area contributed by atoms with E-state index in [1.165, 1.54) is 0 Å². The number of hydrogen-bond donors (Lipinski definition) is 0. The molecule has 1 heterocycles. The van der Waals surface area contributed by atoms with Crippen LogP contribution in [0.4, 0.5) is 0 Å². The van der Waals surface area contributed by atoms with Crippen LogP contribution in [0, 0.1) is 0 Å². The maximum absolute atomic E-state index is 12.9. The van der Waals surface area contributed by atoms with E-state index in [0.29, 0.717) is 21.2 Å². The summed E-state index contributed by atoms with van der Waals surface area (Å²) in [5, 5.41) is 1.22. The smallest absolute Gasteiger partial charge is 0.191 e. The van der Waals surface area contributed by atoms with Crippen molar-refractivity contribution in [2.24, 2.45) is 0 Å². The Hall–Kier alpha value is -2.36. The van der Waals surface area contributed by atoms with Crippen LogP contribution in [0.3, 0.4) is 0 Å². The second-order valence-corrected chi connectivity index (χ2v) is 6.51. The zero-order valence-corrected chi connectivity index (χ0v) is 14.0. The van der Waals surface area contributed by atoms with Crippen molar-refractivity contribution in [3.63, 3.8) is 0 Å². The number of nitrogens with zero attached hydrogens (tertiary/aromatic N) is 2. The average molecular weight is 355 g/mol. The molecule has 0 saturated carbocycles. The molecule has 0 saturated heterocycles. The standard InChI is InChI=1S/C19H12Cl2N2O/c20-13-3-1-12(2-4-13)18-15-6-5-14(21)9-16(15)19(24)17(18)10-23-8-7-22-11-23/h1-11,18H. The number of aromatic nitrogens is 2. The van der Waals surface area contributed by atoms with Gasteiger partial charge in [-0.3, -0.25) is 4.79 Å². The fourth-order valence-corrected chi connectivity index (χ4v) is 3.38. The number of hydrogen-bond acceptors (Lipinski definition) is 2. The molecule has 24 heavy (non-hydrogen) atoms. The van der Waals surface area contributed by atoms with E-state index in [2.05, 4.69) is 4.98 Å². The van der Waals surface area contributed by atoms with Crippen LogP contribution in [0.25, 0.3) is 6.20 Å². The van der Waals surface area contributed by atoms with Crippen molar-refractivity contribution >= 4 is 35.2 Å². The Morgan fingerprint density at radius 3 is 2.50 bits per heavy atom. The lowest BCUT2D eigenvalue weighted by Crippen LogP contribution is -2.03. The second kappa shape index (κ2) is 5.93. The molecule has 1 atom stereocenters. The molecule has 0 radical (unpaired) electrons. The summed E-state index contributed by atoms with van der Waals surface area (Å²) in [7, 11) is 0. The zero-order valence-electron chi connectivity index (χ0n) is 12.5. The van der Waals surface area contributed by atoms with Crippen LogP contribution in [-0.4, -0.2) is 15.3 Å². The molecular formula is C19H12Cl2N2O. The molecule has 5 heteroatoms. The number of carbonyl (C=O) groups excluding carboxylic acids is 1. The lowest BCUT2D eigenvalue weighted by atomic mass is 9.90. The Kier molecular flexibility index (Phi) is 3.75. The van der Waals surface area contributed by atoms with Gasteiger partial charge in [-0.2, -0.15) is 0 Å². The van der Waals surface area contributed by atoms with E-state index in [-0.39, 0.29) is 11.7 Å². The summed E-state index contributed by atoms with van der Waals surface area (Å²) in [6.45, 7) is 0. The molecule has 0 fully saturated rings. The number of allylic oxidation sites excluding steroid dienone is 1. The van der Waals surface area contributed by atoms with Crippen LogP contribution in [0.1, 0.15) is 27.4 Å². The molecule has 4 rings (SSSR count). The minimum atomic E-state index is -0.149. The van der Waals surface area contributed by atoms with E-state index < -0.39 is 0 Å². The third-order valence-corrected chi connectivity index (χ3v) is 4.65. The van der Waals surface area contributed by atoms with Gasteiger partial charge in [-0.15, -0.1) is 0 Å². The quantitative estimate of drug-likeness (QED) is 0.603. The Balaban J connectivity index is 1.91. The number of benzene rings is 2. The Bertz CT molecular complexity index is 944. The topological polar surface area (TPSA) is 34.9 Å². The van der Waals surface area contributed by atoms with E-state index in [1.807, 2.05) is 42.6 Å². The van der Waals surface area contributed by atoms with Crippen LogP contribution < -0.4 is 0 Å². The predicted molar refractivity (Wildman–Crippen MR) is 95.6 cm³/mol. The number of ketones is 1. The first kappa shape index (κ1) is 15.2. The summed E-state index contributed by atoms with van der Waals surface area (Å²) in [5.41, 5.74) is 3.31. The van der Waals surface area contributed by atoms with Gasteiger partial charge in [0.25, 0.3) is 0 Å². The minimum absolute atomic E-state index is 0.0128. The highest BCUT2D eigenvalue weighted by molar-refractivity contribution is 6.31. The summed E-state index contributed by atoms with van der Waals surface area (Å²) < 4.78 is 1.78. The normalized spacial score (nSPS) is 18.2. The summed E-state index contributed by atoms with van der Waals surface area (Å²) in [4.78, 5) is 17.0. The molecular weight excluding hydrogens is 343 g/mol. The molecule has 118 valence electrons. The van der Waals surface area contributed by atoms with Gasteiger partial charge in [0.05, 0.1) is 6.33 Å². The fraction of sp³-hybridized carbons (Fsp3) is 0.0526. The van der Waals surface area contributed by atoms with Crippen molar-refractivity contribution in [3.05, 3.63) is 93.5 Å². The molecule has 3 nitrogen and oxygen atoms in total. The van der Waals surface area contributed by atoms with E-state index >= 15 is 0 Å². The molecule has 1 aliphatic carbocycles. The van der Waals surface area contributed by atoms with Gasteiger partial charge < -0.3 is 4.57 Å². The largest absolute Gasteiger partial charge is 0.313 e. The van der Waals surface area contributed by atoms with E-state index in [9.17, 15) is 4.79 Å². The molecule has 0 N–H and O–H groups in total. The second-order valence-electron chi connectivity index (χ2n) is 5.64. The number of rotatable bonds is 2. The first-order valence-corrected chi connectivity index (χ1v) is 8.18. The monoisotopic (exact) mass is 354 g/mol. The summed E-state index contributed by atoms with van der Waals surface area (Å²) in [6.07, 6.45) is 6.96. The van der Waals surface area contributed by atoms with Crippen LogP contribution in [0.15, 0.2) is 66.8 Å². The molecule has 2 aromatic carbocycles. The molecule has 3 aromatic rings. The zero-order chi connectivity index (χ0) is 16.7. The van der Waals surface area contributed by atoms with Gasteiger partial charge in [0.2, 0.25) is 0 Å². The average Bonchev–Trinajstić information content (AvgIpc) is 3.17. The van der Waals surface area contributed by atoms with Crippen LogP contribution in [0.2, 0.25) is 10.0 Å². The highest BCUT2D eigenvalue weighted by atomic mass is 35.5. The maximum Gasteiger partial charge on any atom is 0.191 e. The molecule has 0 bridgehead atoms. The van der Waals surface area contributed by atoms with Crippen molar-refractivity contribution in [1.82, 2.24) is 9.55 Å². The number of imidazole rings is 1. The van der Waals surface area contributed by atoms with Crippen LogP contribution in [0.5, 0.6) is 0 Å². The van der Waals surface area contributed by atoms with Crippen molar-refractivity contribution in [1.29, 1.82) is 0 Å². The highest BCUT2D eigenvalue weighted by Crippen LogP contribution is 2.43. The Morgan fingerprint density at radius 1 is 1.04 bits per heavy atom. The van der Waals surface area contributed by atoms with E-state index in [0.717, 1.165) is 11.1 Å². The summed E-state index contributed by atoms with van der Waals surface area (Å²) in [5.74, 6) is -0.161. The SMILES string of the molecule is O=C1C(=Cn2ccnc2)C(c2ccc(Cl)cc2)c2ccc(Cl)cc21. The third-order valence-electron chi connectivity index (χ3n) is 4.16. The fourth-order valence-electron chi connectivity index (χ4n) is 3.08. The van der Waals surface area contributed by atoms with Gasteiger partial charge in [-0.25, -0.2) is 4.98 Å². The molecule has 1 aliphatic rings. The molecule has 0 amide bonds. The first-order chi connectivity index (χ1) is 11.6. The molecule has 0 aliphatic heterocycles. The molecule has 1 unspecified atom stereocenters. The number of carbonyl (C=O) groups is 1. The van der Waals surface area contributed by atoms with Crippen LogP contribution >= 0.6 is 23.2 Å². The van der Waals surface area contributed by atoms with Crippen LogP contribution in [-0.2, 0) is 0 Å². The number of halogens is 2. The summed E-state index contributed by atoms with van der Waals surface area (Å²) in [6, 6.07) is 13.0. The number of fused-ring (bicyclic) bond motifs is 1. The van der Waals surface area contributed by atoms with Gasteiger partial charge in [0.15, 0.2) is 5.78 Å². The van der Waals surface area contributed by atoms with Gasteiger partial charge in [0, 0.05) is 45.7 Å². The van der Waals surface area contributed by atoms with E-state index in [1.54, 1.807) is 29.4 Å². The van der Waals surface area contributed by atoms with Crippen molar-refractivity contribution in [2.75, 3.05) is 0 Å². The summed E-state index contributed by atoms with van der Waals surface area (Å²) >= 11 is 12.1. The highest BCUT2D eigenvalue weighted by Gasteiger charge is 2.35. The van der Waals surface area contributed by atoms with Crippen molar-refractivity contribution in [2.45, 2.75) is 5.92 Å².